The molecule has 7 heteroatoms. The Kier molecular flexibility index (Phi) is 4.25. The van der Waals surface area contributed by atoms with Crippen LogP contribution in [0.1, 0.15) is 35.2 Å². The smallest absolute Gasteiger partial charge is 0.336 e. The molecule has 0 radical (unpaired) electrons. The van der Waals surface area contributed by atoms with Crippen LogP contribution in [-0.2, 0) is 14.8 Å². The van der Waals surface area contributed by atoms with Crippen LogP contribution >= 0.6 is 0 Å². The number of nitrogens with one attached hydrogen (secondary N) is 1. The Morgan fingerprint density at radius 2 is 2.10 bits per heavy atom. The maximum atomic E-state index is 12.2. The molecule has 116 valence electrons. The number of hydrogen-bond acceptors (Lipinski definition) is 4. The second kappa shape index (κ2) is 5.65. The number of hydrogen-bond donors (Lipinski definition) is 2. The molecule has 1 aromatic rings. The van der Waals surface area contributed by atoms with Gasteiger partial charge >= 0.3 is 5.97 Å². The second-order valence-electron chi connectivity index (χ2n) is 5.44. The summed E-state index contributed by atoms with van der Waals surface area (Å²) in [7, 11) is -2.07. The fourth-order valence-corrected chi connectivity index (χ4v) is 4.11. The fourth-order valence-electron chi connectivity index (χ4n) is 2.46. The standard InChI is InChI=1S/C14H19NO5S/c1-10-4-5-11(8-12(10)13(16)17)15-21(18,19)9-14(20-2)6-3-7-14/h4-5,8,15H,3,6-7,9H2,1-2H3,(H,16,17). The van der Waals surface area contributed by atoms with Gasteiger partial charge in [0.1, 0.15) is 0 Å². The molecule has 0 atom stereocenters. The summed E-state index contributed by atoms with van der Waals surface area (Å²) < 4.78 is 32.1. The molecule has 1 aliphatic carbocycles. The summed E-state index contributed by atoms with van der Waals surface area (Å²) in [5.41, 5.74) is 0.313. The molecular formula is C14H19NO5S. The van der Waals surface area contributed by atoms with Crippen molar-refractivity contribution in [3.8, 4) is 0 Å². The van der Waals surface area contributed by atoms with E-state index in [0.29, 0.717) is 5.56 Å². The molecule has 0 heterocycles. The van der Waals surface area contributed by atoms with Gasteiger partial charge in [-0.2, -0.15) is 0 Å². The van der Waals surface area contributed by atoms with Gasteiger partial charge in [0.25, 0.3) is 0 Å². The van der Waals surface area contributed by atoms with Gasteiger partial charge in [-0.1, -0.05) is 6.07 Å². The lowest BCUT2D eigenvalue weighted by atomic mass is 9.82. The Morgan fingerprint density at radius 3 is 2.57 bits per heavy atom. The van der Waals surface area contributed by atoms with Crippen molar-refractivity contribution >= 4 is 21.7 Å². The Bertz CT molecular complexity index is 644. The highest BCUT2D eigenvalue weighted by atomic mass is 32.2. The molecule has 2 N–H and O–H groups in total. The molecule has 0 aliphatic heterocycles. The van der Waals surface area contributed by atoms with Crippen LogP contribution in [0.15, 0.2) is 18.2 Å². The van der Waals surface area contributed by atoms with Crippen molar-refractivity contribution < 1.29 is 23.1 Å². The summed E-state index contributed by atoms with van der Waals surface area (Å²) in [5, 5.41) is 9.06. The topological polar surface area (TPSA) is 92.7 Å². The first-order valence-corrected chi connectivity index (χ1v) is 8.32. The molecule has 0 unspecified atom stereocenters. The highest BCUT2D eigenvalue weighted by molar-refractivity contribution is 7.92. The average molecular weight is 313 g/mol. The summed E-state index contributed by atoms with van der Waals surface area (Å²) in [5.74, 6) is -1.20. The lowest BCUT2D eigenvalue weighted by molar-refractivity contribution is -0.0524. The van der Waals surface area contributed by atoms with E-state index in [0.717, 1.165) is 19.3 Å². The van der Waals surface area contributed by atoms with E-state index in [1.54, 1.807) is 19.1 Å². The van der Waals surface area contributed by atoms with Crippen molar-refractivity contribution in [3.63, 3.8) is 0 Å². The van der Waals surface area contributed by atoms with Crippen molar-refractivity contribution in [3.05, 3.63) is 29.3 Å². The Hall–Kier alpha value is -1.60. The van der Waals surface area contributed by atoms with E-state index < -0.39 is 21.6 Å². The van der Waals surface area contributed by atoms with Gasteiger partial charge in [0.2, 0.25) is 10.0 Å². The van der Waals surface area contributed by atoms with Crippen LogP contribution < -0.4 is 4.72 Å². The predicted octanol–water partition coefficient (Wildman–Crippen LogP) is 2.00. The molecule has 2 rings (SSSR count). The number of aromatic carboxylic acids is 1. The predicted molar refractivity (Wildman–Crippen MR) is 79.1 cm³/mol. The maximum absolute atomic E-state index is 12.2. The Morgan fingerprint density at radius 1 is 1.43 bits per heavy atom. The molecule has 6 nitrogen and oxygen atoms in total. The van der Waals surface area contributed by atoms with E-state index in [2.05, 4.69) is 4.72 Å². The molecular weight excluding hydrogens is 294 g/mol. The molecule has 21 heavy (non-hydrogen) atoms. The van der Waals surface area contributed by atoms with Gasteiger partial charge in [0.15, 0.2) is 0 Å². The average Bonchev–Trinajstić information content (AvgIpc) is 2.35. The van der Waals surface area contributed by atoms with E-state index in [9.17, 15) is 13.2 Å². The van der Waals surface area contributed by atoms with Crippen molar-refractivity contribution in [1.29, 1.82) is 0 Å². The zero-order chi connectivity index (χ0) is 15.7. The van der Waals surface area contributed by atoms with Crippen LogP contribution in [0.3, 0.4) is 0 Å². The van der Waals surface area contributed by atoms with Crippen LogP contribution in [0.4, 0.5) is 5.69 Å². The normalized spacial score (nSPS) is 17.0. The summed E-state index contributed by atoms with van der Waals surface area (Å²) in [6.07, 6.45) is 2.40. The summed E-state index contributed by atoms with van der Waals surface area (Å²) >= 11 is 0. The third-order valence-electron chi connectivity index (χ3n) is 3.89. The summed E-state index contributed by atoms with van der Waals surface area (Å²) in [6, 6.07) is 4.46. The Balaban J connectivity index is 2.17. The number of rotatable bonds is 6. The number of carbonyl (C=O) groups is 1. The number of aryl methyl sites for hydroxylation is 1. The van der Waals surface area contributed by atoms with Crippen molar-refractivity contribution in [2.75, 3.05) is 17.6 Å². The van der Waals surface area contributed by atoms with Crippen LogP contribution in [0.25, 0.3) is 0 Å². The number of sulfonamides is 1. The molecule has 1 saturated carbocycles. The van der Waals surface area contributed by atoms with Gasteiger partial charge in [0, 0.05) is 12.8 Å². The molecule has 1 aliphatic rings. The molecule has 0 amide bonds. The number of ether oxygens (including phenoxy) is 1. The number of anilines is 1. The number of carboxylic acid groups (broad SMARTS) is 1. The van der Waals surface area contributed by atoms with Gasteiger partial charge in [-0.25, -0.2) is 13.2 Å². The minimum Gasteiger partial charge on any atom is -0.478 e. The molecule has 0 bridgehead atoms. The van der Waals surface area contributed by atoms with Crippen LogP contribution in [0.5, 0.6) is 0 Å². The molecule has 1 aromatic carbocycles. The lowest BCUT2D eigenvalue weighted by Gasteiger charge is -2.39. The van der Waals surface area contributed by atoms with Crippen LogP contribution in [-0.4, -0.2) is 38.0 Å². The maximum Gasteiger partial charge on any atom is 0.336 e. The van der Waals surface area contributed by atoms with Crippen molar-refractivity contribution in [2.24, 2.45) is 0 Å². The first-order valence-electron chi connectivity index (χ1n) is 6.66. The SMILES string of the molecule is COC1(CS(=O)(=O)Nc2ccc(C)c(C(=O)O)c2)CCC1. The quantitative estimate of drug-likeness (QED) is 0.838. The summed E-state index contributed by atoms with van der Waals surface area (Å²) in [6.45, 7) is 1.66. The minimum atomic E-state index is -3.59. The van der Waals surface area contributed by atoms with E-state index in [1.165, 1.54) is 13.2 Å². The van der Waals surface area contributed by atoms with Gasteiger partial charge in [-0.3, -0.25) is 4.72 Å². The van der Waals surface area contributed by atoms with Crippen LogP contribution in [0.2, 0.25) is 0 Å². The lowest BCUT2D eigenvalue weighted by Crippen LogP contribution is -2.46. The fraction of sp³-hybridized carbons (Fsp3) is 0.500. The molecule has 0 aromatic heterocycles. The van der Waals surface area contributed by atoms with E-state index >= 15 is 0 Å². The monoisotopic (exact) mass is 313 g/mol. The Labute approximate surface area is 124 Å². The first kappa shape index (κ1) is 15.8. The van der Waals surface area contributed by atoms with E-state index in [-0.39, 0.29) is 17.0 Å². The van der Waals surface area contributed by atoms with Gasteiger partial charge in [0.05, 0.1) is 16.9 Å². The molecule has 0 spiro atoms. The van der Waals surface area contributed by atoms with Crippen molar-refractivity contribution in [1.82, 2.24) is 0 Å². The third kappa shape index (κ3) is 3.54. The van der Waals surface area contributed by atoms with Crippen molar-refractivity contribution in [2.45, 2.75) is 31.8 Å². The van der Waals surface area contributed by atoms with E-state index in [4.69, 9.17) is 9.84 Å². The second-order valence-corrected chi connectivity index (χ2v) is 7.16. The van der Waals surface area contributed by atoms with Gasteiger partial charge in [-0.05, 0) is 43.9 Å². The first-order chi connectivity index (χ1) is 9.77. The van der Waals surface area contributed by atoms with E-state index in [1.807, 2.05) is 0 Å². The number of carboxylic acids is 1. The van der Waals surface area contributed by atoms with Crippen LogP contribution in [0, 0.1) is 6.92 Å². The largest absolute Gasteiger partial charge is 0.478 e. The molecule has 0 saturated heterocycles. The number of benzene rings is 1. The third-order valence-corrected chi connectivity index (χ3v) is 5.35. The highest BCUT2D eigenvalue weighted by Crippen LogP contribution is 2.36. The zero-order valence-electron chi connectivity index (χ0n) is 12.0. The summed E-state index contributed by atoms with van der Waals surface area (Å²) in [4.78, 5) is 11.1. The molecule has 1 fully saturated rings. The van der Waals surface area contributed by atoms with Gasteiger partial charge < -0.3 is 9.84 Å². The van der Waals surface area contributed by atoms with Gasteiger partial charge in [-0.15, -0.1) is 0 Å². The minimum absolute atomic E-state index is 0.0836. The zero-order valence-corrected chi connectivity index (χ0v) is 12.9. The number of methoxy groups -OCH3 is 1. The highest BCUT2D eigenvalue weighted by Gasteiger charge is 2.41.